The van der Waals surface area contributed by atoms with Gasteiger partial charge in [-0.15, -0.1) is 0 Å². The topological polar surface area (TPSA) is 55.0 Å². The maximum atomic E-state index is 11.8. The summed E-state index contributed by atoms with van der Waals surface area (Å²) in [7, 11) is 0. The van der Waals surface area contributed by atoms with Gasteiger partial charge >= 0.3 is 0 Å². The molecule has 3 aromatic rings. The smallest absolute Gasteiger partial charge is 0.251 e. The zero-order valence-electron chi connectivity index (χ0n) is 13.1. The third kappa shape index (κ3) is 4.99. The standard InChI is InChI=1S/C19H18N2O2S/c22-18-13-16(14-23-17-9-5-2-6-10-17)20-19(21-18)24-12-11-15-7-3-1-4-8-15/h1-10,13H,11-12,14H2,(H,20,21,22). The van der Waals surface area contributed by atoms with Crippen LogP contribution in [0.3, 0.4) is 0 Å². The summed E-state index contributed by atoms with van der Waals surface area (Å²) < 4.78 is 5.65. The van der Waals surface area contributed by atoms with Crippen LogP contribution in [-0.2, 0) is 13.0 Å². The molecule has 0 aliphatic carbocycles. The average molecular weight is 338 g/mol. The molecule has 0 amide bonds. The van der Waals surface area contributed by atoms with E-state index in [-0.39, 0.29) is 12.2 Å². The Hall–Kier alpha value is -2.53. The van der Waals surface area contributed by atoms with Crippen molar-refractivity contribution >= 4 is 11.8 Å². The van der Waals surface area contributed by atoms with E-state index in [0.29, 0.717) is 10.9 Å². The molecule has 5 heteroatoms. The molecule has 24 heavy (non-hydrogen) atoms. The molecule has 0 aliphatic heterocycles. The molecule has 0 spiro atoms. The van der Waals surface area contributed by atoms with Crippen molar-refractivity contribution in [1.82, 2.24) is 9.97 Å². The highest BCUT2D eigenvalue weighted by Crippen LogP contribution is 2.15. The van der Waals surface area contributed by atoms with Crippen LogP contribution in [0.4, 0.5) is 0 Å². The third-order valence-corrected chi connectivity index (χ3v) is 4.25. The van der Waals surface area contributed by atoms with Gasteiger partial charge in [-0.05, 0) is 24.1 Å². The van der Waals surface area contributed by atoms with Crippen molar-refractivity contribution < 1.29 is 4.74 Å². The second-order valence-electron chi connectivity index (χ2n) is 5.23. The minimum Gasteiger partial charge on any atom is -0.487 e. The van der Waals surface area contributed by atoms with Crippen molar-refractivity contribution in [2.24, 2.45) is 0 Å². The highest BCUT2D eigenvalue weighted by atomic mass is 32.2. The van der Waals surface area contributed by atoms with Gasteiger partial charge < -0.3 is 9.72 Å². The van der Waals surface area contributed by atoms with Crippen LogP contribution in [-0.4, -0.2) is 15.7 Å². The van der Waals surface area contributed by atoms with E-state index in [0.717, 1.165) is 17.9 Å². The van der Waals surface area contributed by atoms with Crippen molar-refractivity contribution in [3.8, 4) is 5.75 Å². The summed E-state index contributed by atoms with van der Waals surface area (Å²) >= 11 is 1.54. The number of aromatic amines is 1. The monoisotopic (exact) mass is 338 g/mol. The summed E-state index contributed by atoms with van der Waals surface area (Å²) in [5.41, 5.74) is 1.75. The molecule has 0 bridgehead atoms. The number of nitrogens with zero attached hydrogens (tertiary/aromatic N) is 1. The van der Waals surface area contributed by atoms with Crippen molar-refractivity contribution in [1.29, 1.82) is 0 Å². The van der Waals surface area contributed by atoms with Gasteiger partial charge in [0.25, 0.3) is 5.56 Å². The molecule has 0 unspecified atom stereocenters. The second-order valence-corrected chi connectivity index (χ2v) is 6.31. The summed E-state index contributed by atoms with van der Waals surface area (Å²) in [5.74, 6) is 1.62. The van der Waals surface area contributed by atoms with Gasteiger partial charge in [0.05, 0.1) is 5.69 Å². The Morgan fingerprint density at radius 3 is 2.46 bits per heavy atom. The van der Waals surface area contributed by atoms with Gasteiger partial charge in [0.1, 0.15) is 12.4 Å². The second kappa shape index (κ2) is 8.36. The van der Waals surface area contributed by atoms with Crippen LogP contribution in [0.15, 0.2) is 76.7 Å². The first-order valence-electron chi connectivity index (χ1n) is 7.74. The summed E-state index contributed by atoms with van der Waals surface area (Å²) in [4.78, 5) is 19.0. The molecule has 1 aromatic heterocycles. The predicted molar refractivity (Wildman–Crippen MR) is 96.5 cm³/mol. The summed E-state index contributed by atoms with van der Waals surface area (Å²) in [6.45, 7) is 0.278. The molecule has 0 radical (unpaired) electrons. The SMILES string of the molecule is O=c1cc(COc2ccccc2)nc(SCCc2ccccc2)[nH]1. The molecule has 0 saturated carbocycles. The minimum atomic E-state index is -0.154. The lowest BCUT2D eigenvalue weighted by molar-refractivity contribution is 0.299. The molecule has 0 fully saturated rings. The number of rotatable bonds is 7. The Bertz CT molecular complexity index is 820. The molecule has 0 saturated heterocycles. The zero-order chi connectivity index (χ0) is 16.6. The number of thioether (sulfide) groups is 1. The number of aryl methyl sites for hydroxylation is 1. The van der Waals surface area contributed by atoms with E-state index in [1.807, 2.05) is 48.5 Å². The maximum absolute atomic E-state index is 11.8. The van der Waals surface area contributed by atoms with E-state index in [1.54, 1.807) is 11.8 Å². The van der Waals surface area contributed by atoms with E-state index in [9.17, 15) is 4.79 Å². The fourth-order valence-electron chi connectivity index (χ4n) is 2.21. The van der Waals surface area contributed by atoms with Crippen molar-refractivity contribution in [3.63, 3.8) is 0 Å². The molecule has 1 N–H and O–H groups in total. The first kappa shape index (κ1) is 16.3. The van der Waals surface area contributed by atoms with Gasteiger partial charge in [-0.1, -0.05) is 60.3 Å². The quantitative estimate of drug-likeness (QED) is 0.527. The van der Waals surface area contributed by atoms with Gasteiger partial charge in [-0.3, -0.25) is 4.79 Å². The molecule has 3 rings (SSSR count). The maximum Gasteiger partial charge on any atom is 0.251 e. The Morgan fingerprint density at radius 1 is 1.00 bits per heavy atom. The van der Waals surface area contributed by atoms with Crippen LogP contribution in [0.1, 0.15) is 11.3 Å². The van der Waals surface area contributed by atoms with Gasteiger partial charge in [0.15, 0.2) is 5.16 Å². The van der Waals surface area contributed by atoms with Crippen LogP contribution >= 0.6 is 11.8 Å². The van der Waals surface area contributed by atoms with E-state index < -0.39 is 0 Å². The number of H-pyrrole nitrogens is 1. The molecule has 2 aromatic carbocycles. The van der Waals surface area contributed by atoms with Gasteiger partial charge in [0, 0.05) is 11.8 Å². The normalized spacial score (nSPS) is 10.5. The van der Waals surface area contributed by atoms with Gasteiger partial charge in [-0.25, -0.2) is 4.98 Å². The van der Waals surface area contributed by atoms with E-state index in [4.69, 9.17) is 4.74 Å². The van der Waals surface area contributed by atoms with Crippen LogP contribution in [0, 0.1) is 0 Å². The molecule has 1 heterocycles. The van der Waals surface area contributed by atoms with E-state index in [1.165, 1.54) is 11.6 Å². The fourth-order valence-corrected chi connectivity index (χ4v) is 3.10. The number of ether oxygens (including phenoxy) is 1. The Balaban J connectivity index is 1.58. The highest BCUT2D eigenvalue weighted by Gasteiger charge is 2.04. The first-order chi connectivity index (χ1) is 11.8. The number of hydrogen-bond donors (Lipinski definition) is 1. The molecule has 4 nitrogen and oxygen atoms in total. The predicted octanol–water partition coefficient (Wildman–Crippen LogP) is 3.68. The average Bonchev–Trinajstić information content (AvgIpc) is 2.61. The highest BCUT2D eigenvalue weighted by molar-refractivity contribution is 7.99. The number of aromatic nitrogens is 2. The number of benzene rings is 2. The number of nitrogens with one attached hydrogen (secondary N) is 1. The Labute approximate surface area is 144 Å². The summed E-state index contributed by atoms with van der Waals surface area (Å²) in [6.07, 6.45) is 0.931. The van der Waals surface area contributed by atoms with Crippen LogP contribution in [0.2, 0.25) is 0 Å². The third-order valence-electron chi connectivity index (χ3n) is 3.38. The van der Waals surface area contributed by atoms with Crippen LogP contribution in [0.5, 0.6) is 5.75 Å². The number of para-hydroxylation sites is 1. The first-order valence-corrected chi connectivity index (χ1v) is 8.73. The summed E-state index contributed by atoms with van der Waals surface area (Å²) in [5, 5.41) is 0.630. The molecule has 122 valence electrons. The van der Waals surface area contributed by atoms with E-state index >= 15 is 0 Å². The molecule has 0 aliphatic rings. The molecular formula is C19H18N2O2S. The zero-order valence-corrected chi connectivity index (χ0v) is 14.0. The van der Waals surface area contributed by atoms with Gasteiger partial charge in [0.2, 0.25) is 0 Å². The van der Waals surface area contributed by atoms with Crippen LogP contribution in [0.25, 0.3) is 0 Å². The lowest BCUT2D eigenvalue weighted by Crippen LogP contribution is -2.12. The van der Waals surface area contributed by atoms with Crippen LogP contribution < -0.4 is 10.3 Å². The largest absolute Gasteiger partial charge is 0.487 e. The molecular weight excluding hydrogens is 320 g/mol. The van der Waals surface area contributed by atoms with E-state index in [2.05, 4.69) is 22.1 Å². The lowest BCUT2D eigenvalue weighted by Gasteiger charge is -2.07. The Morgan fingerprint density at radius 2 is 1.71 bits per heavy atom. The Kier molecular flexibility index (Phi) is 5.69. The van der Waals surface area contributed by atoms with Crippen molar-refractivity contribution in [3.05, 3.63) is 88.3 Å². The minimum absolute atomic E-state index is 0.154. The lowest BCUT2D eigenvalue weighted by atomic mass is 10.2. The number of hydrogen-bond acceptors (Lipinski definition) is 4. The van der Waals surface area contributed by atoms with Crippen molar-refractivity contribution in [2.75, 3.05) is 5.75 Å². The molecule has 0 atom stereocenters. The summed E-state index contributed by atoms with van der Waals surface area (Å²) in [6, 6.07) is 21.2. The van der Waals surface area contributed by atoms with Gasteiger partial charge in [-0.2, -0.15) is 0 Å². The fraction of sp³-hybridized carbons (Fsp3) is 0.158. The van der Waals surface area contributed by atoms with Crippen molar-refractivity contribution in [2.45, 2.75) is 18.2 Å².